The summed E-state index contributed by atoms with van der Waals surface area (Å²) < 4.78 is 32.9. The van der Waals surface area contributed by atoms with Crippen LogP contribution in [0.5, 0.6) is 0 Å². The molecule has 0 amide bonds. The van der Waals surface area contributed by atoms with Crippen molar-refractivity contribution in [3.05, 3.63) is 65.8 Å². The Balaban J connectivity index is 1.44. The number of nitrogens with zero attached hydrogens (tertiary/aromatic N) is 3. The normalized spacial score (nSPS) is 14.4. The van der Waals surface area contributed by atoms with Crippen molar-refractivity contribution in [2.24, 2.45) is 0 Å². The molecule has 0 unspecified atom stereocenters. The third-order valence-electron chi connectivity index (χ3n) is 4.53. The number of nitrogens with one attached hydrogen (secondary N) is 2. The highest BCUT2D eigenvalue weighted by Gasteiger charge is 2.15. The van der Waals surface area contributed by atoms with Crippen molar-refractivity contribution in [3.63, 3.8) is 0 Å². The monoisotopic (exact) mass is 445 g/mol. The van der Waals surface area contributed by atoms with Crippen LogP contribution in [0.15, 0.2) is 65.7 Å². The summed E-state index contributed by atoms with van der Waals surface area (Å²) in [5, 5.41) is 11.7. The van der Waals surface area contributed by atoms with Gasteiger partial charge < -0.3 is 15.0 Å². The van der Waals surface area contributed by atoms with Gasteiger partial charge in [0.2, 0.25) is 0 Å². The molecule has 0 saturated carbocycles. The van der Waals surface area contributed by atoms with E-state index in [9.17, 15) is 8.42 Å². The van der Waals surface area contributed by atoms with Crippen LogP contribution in [0.4, 0.5) is 22.9 Å². The van der Waals surface area contributed by atoms with E-state index in [1.807, 2.05) is 6.07 Å². The summed E-state index contributed by atoms with van der Waals surface area (Å²) >= 11 is 5.89. The molecule has 2 heterocycles. The summed E-state index contributed by atoms with van der Waals surface area (Å²) in [4.78, 5) is 2.30. The van der Waals surface area contributed by atoms with Crippen LogP contribution in [-0.2, 0) is 14.8 Å². The first-order valence-electron chi connectivity index (χ1n) is 9.30. The van der Waals surface area contributed by atoms with Crippen LogP contribution >= 0.6 is 11.6 Å². The minimum atomic E-state index is -3.72. The fourth-order valence-corrected chi connectivity index (χ4v) is 4.39. The summed E-state index contributed by atoms with van der Waals surface area (Å²) in [6, 6.07) is 14.9. The maximum atomic E-state index is 12.5. The van der Waals surface area contributed by atoms with Gasteiger partial charge in [0.15, 0.2) is 5.82 Å². The number of halogens is 1. The van der Waals surface area contributed by atoms with Crippen molar-refractivity contribution in [3.8, 4) is 0 Å². The Labute approximate surface area is 179 Å². The Morgan fingerprint density at radius 3 is 2.47 bits per heavy atom. The van der Waals surface area contributed by atoms with E-state index < -0.39 is 10.0 Å². The topological polar surface area (TPSA) is 96.5 Å². The Hall–Kier alpha value is -2.88. The largest absolute Gasteiger partial charge is 0.378 e. The van der Waals surface area contributed by atoms with Gasteiger partial charge in [-0.2, -0.15) is 5.10 Å². The number of morpholine rings is 1. The first kappa shape index (κ1) is 20.4. The van der Waals surface area contributed by atoms with Crippen LogP contribution in [-0.4, -0.2) is 44.9 Å². The van der Waals surface area contributed by atoms with Gasteiger partial charge in [-0.05, 0) is 42.5 Å². The van der Waals surface area contributed by atoms with E-state index in [1.54, 1.807) is 42.6 Å². The van der Waals surface area contributed by atoms with Gasteiger partial charge >= 0.3 is 0 Å². The third kappa shape index (κ3) is 4.99. The van der Waals surface area contributed by atoms with Crippen molar-refractivity contribution in [1.29, 1.82) is 0 Å². The highest BCUT2D eigenvalue weighted by Crippen LogP contribution is 2.23. The maximum absolute atomic E-state index is 12.5. The molecule has 2 N–H and O–H groups in total. The number of benzene rings is 2. The number of ether oxygens (including phenoxy) is 1. The quantitative estimate of drug-likeness (QED) is 0.599. The number of sulfonamides is 1. The fraction of sp³-hybridized carbons (Fsp3) is 0.200. The van der Waals surface area contributed by atoms with Crippen LogP contribution in [0.1, 0.15) is 0 Å². The molecular formula is C20H20ClN5O3S. The van der Waals surface area contributed by atoms with Gasteiger partial charge in [-0.25, -0.2) is 8.42 Å². The molecule has 156 valence electrons. The van der Waals surface area contributed by atoms with Crippen molar-refractivity contribution in [2.45, 2.75) is 4.90 Å². The molecule has 0 bridgehead atoms. The molecular weight excluding hydrogens is 426 g/mol. The number of rotatable bonds is 6. The molecule has 10 heteroatoms. The molecule has 1 saturated heterocycles. The molecule has 1 aliphatic rings. The summed E-state index contributed by atoms with van der Waals surface area (Å²) in [7, 11) is -3.72. The molecule has 0 atom stereocenters. The summed E-state index contributed by atoms with van der Waals surface area (Å²) in [5.41, 5.74) is 2.17. The Bertz CT molecular complexity index is 1120. The van der Waals surface area contributed by atoms with Crippen LogP contribution in [0.2, 0.25) is 5.02 Å². The van der Waals surface area contributed by atoms with Crippen LogP contribution in [0.3, 0.4) is 0 Å². The number of anilines is 4. The minimum absolute atomic E-state index is 0.104. The zero-order valence-electron chi connectivity index (χ0n) is 16.0. The first-order chi connectivity index (χ1) is 14.5. The van der Waals surface area contributed by atoms with E-state index in [0.717, 1.165) is 24.5 Å². The molecule has 1 aromatic heterocycles. The van der Waals surface area contributed by atoms with Crippen molar-refractivity contribution in [1.82, 2.24) is 10.2 Å². The second-order valence-corrected chi connectivity index (χ2v) is 8.78. The van der Waals surface area contributed by atoms with Gasteiger partial charge in [-0.15, -0.1) is 5.10 Å². The second-order valence-electron chi connectivity index (χ2n) is 6.66. The van der Waals surface area contributed by atoms with E-state index in [0.29, 0.717) is 29.7 Å². The van der Waals surface area contributed by atoms with E-state index >= 15 is 0 Å². The number of aromatic nitrogens is 2. The van der Waals surface area contributed by atoms with Gasteiger partial charge in [-0.1, -0.05) is 17.7 Å². The molecule has 1 aliphatic heterocycles. The van der Waals surface area contributed by atoms with Gasteiger partial charge in [-0.3, -0.25) is 4.72 Å². The van der Waals surface area contributed by atoms with Crippen molar-refractivity contribution >= 4 is 44.5 Å². The lowest BCUT2D eigenvalue weighted by atomic mass is 10.3. The first-order valence-corrected chi connectivity index (χ1v) is 11.2. The molecule has 4 rings (SSSR count). The predicted molar refractivity (Wildman–Crippen MR) is 117 cm³/mol. The summed E-state index contributed by atoms with van der Waals surface area (Å²) in [5.74, 6) is 0.603. The average molecular weight is 446 g/mol. The second kappa shape index (κ2) is 8.86. The minimum Gasteiger partial charge on any atom is -0.378 e. The van der Waals surface area contributed by atoms with Crippen molar-refractivity contribution < 1.29 is 13.2 Å². The lowest BCUT2D eigenvalue weighted by molar-refractivity contribution is 0.122. The zero-order chi connectivity index (χ0) is 21.0. The Morgan fingerprint density at radius 1 is 1.00 bits per heavy atom. The highest BCUT2D eigenvalue weighted by atomic mass is 35.5. The average Bonchev–Trinajstić information content (AvgIpc) is 2.76. The smallest absolute Gasteiger partial charge is 0.261 e. The molecule has 0 spiro atoms. The SMILES string of the molecule is O=S(=O)(Nc1ccc(Nc2cc(N3CCOCC3)cnn2)cc1)c1cccc(Cl)c1. The molecule has 3 aromatic rings. The molecule has 0 aliphatic carbocycles. The molecule has 2 aromatic carbocycles. The van der Waals surface area contributed by atoms with Crippen LogP contribution in [0.25, 0.3) is 0 Å². The fourth-order valence-electron chi connectivity index (χ4n) is 3.03. The van der Waals surface area contributed by atoms with Gasteiger partial charge in [0, 0.05) is 35.6 Å². The van der Waals surface area contributed by atoms with E-state index in [4.69, 9.17) is 16.3 Å². The molecule has 30 heavy (non-hydrogen) atoms. The van der Waals surface area contributed by atoms with E-state index in [-0.39, 0.29) is 4.90 Å². The van der Waals surface area contributed by atoms with Crippen LogP contribution < -0.4 is 14.9 Å². The van der Waals surface area contributed by atoms with Crippen LogP contribution in [0, 0.1) is 0 Å². The van der Waals surface area contributed by atoms with Gasteiger partial charge in [0.1, 0.15) is 0 Å². The maximum Gasteiger partial charge on any atom is 0.261 e. The number of hydrogen-bond donors (Lipinski definition) is 2. The summed E-state index contributed by atoms with van der Waals surface area (Å²) in [6.07, 6.45) is 1.73. The highest BCUT2D eigenvalue weighted by molar-refractivity contribution is 7.92. The summed E-state index contributed by atoms with van der Waals surface area (Å²) in [6.45, 7) is 3.01. The van der Waals surface area contributed by atoms with E-state index in [2.05, 4.69) is 25.1 Å². The molecule has 0 radical (unpaired) electrons. The van der Waals surface area contributed by atoms with E-state index in [1.165, 1.54) is 12.1 Å². The third-order valence-corrected chi connectivity index (χ3v) is 6.15. The Morgan fingerprint density at radius 2 is 1.73 bits per heavy atom. The standard InChI is InChI=1S/C20H20ClN5O3S/c21-15-2-1-3-19(12-15)30(27,28)25-17-6-4-16(5-7-17)23-20-13-18(14-22-24-20)26-8-10-29-11-9-26/h1-7,12-14,25H,8-11H2,(H,23,24). The molecule has 1 fully saturated rings. The van der Waals surface area contributed by atoms with Crippen molar-refractivity contribution in [2.75, 3.05) is 41.2 Å². The molecule has 8 nitrogen and oxygen atoms in total. The lowest BCUT2D eigenvalue weighted by Gasteiger charge is -2.28. The number of hydrogen-bond acceptors (Lipinski definition) is 7. The Kier molecular flexibility index (Phi) is 6.03. The lowest BCUT2D eigenvalue weighted by Crippen LogP contribution is -2.36. The zero-order valence-corrected chi connectivity index (χ0v) is 17.5. The van der Waals surface area contributed by atoms with Gasteiger partial charge in [0.25, 0.3) is 10.0 Å². The predicted octanol–water partition coefficient (Wildman–Crippen LogP) is 3.51. The van der Waals surface area contributed by atoms with Gasteiger partial charge in [0.05, 0.1) is 30.0 Å².